The van der Waals surface area contributed by atoms with Crippen molar-refractivity contribution in [3.8, 4) is 0 Å². The Morgan fingerprint density at radius 3 is 2.65 bits per heavy atom. The van der Waals surface area contributed by atoms with E-state index < -0.39 is 10.0 Å². The van der Waals surface area contributed by atoms with Gasteiger partial charge in [0.15, 0.2) is 0 Å². The van der Waals surface area contributed by atoms with Gasteiger partial charge in [-0.05, 0) is 67.7 Å². The average Bonchev–Trinajstić information content (AvgIpc) is 3.12. The van der Waals surface area contributed by atoms with E-state index in [4.69, 9.17) is 0 Å². The molecule has 0 atom stereocenters. The number of sulfonamides is 1. The fraction of sp³-hybridized carbons (Fsp3) is 0.625. The van der Waals surface area contributed by atoms with Crippen molar-refractivity contribution in [1.29, 1.82) is 0 Å². The molecule has 0 spiro atoms. The lowest BCUT2D eigenvalue weighted by atomic mass is 10.1. The lowest BCUT2D eigenvalue weighted by Gasteiger charge is -2.22. The zero-order valence-electron chi connectivity index (χ0n) is 12.1. The van der Waals surface area contributed by atoms with Gasteiger partial charge < -0.3 is 0 Å². The summed E-state index contributed by atoms with van der Waals surface area (Å²) in [6, 6.07) is 5.72. The van der Waals surface area contributed by atoms with Crippen LogP contribution in [-0.2, 0) is 22.9 Å². The molecule has 1 aromatic rings. The molecule has 0 aliphatic heterocycles. The highest BCUT2D eigenvalue weighted by molar-refractivity contribution is 7.89. The van der Waals surface area contributed by atoms with Crippen molar-refractivity contribution in [1.82, 2.24) is 4.31 Å². The summed E-state index contributed by atoms with van der Waals surface area (Å²) in [5, 5.41) is 0. The molecule has 4 heteroatoms. The SMILES string of the molecule is CCCN(CC1CC1)S(=O)(=O)c1ccc2c(c1)CCC2. The fourth-order valence-electron chi connectivity index (χ4n) is 3.01. The maximum Gasteiger partial charge on any atom is 0.243 e. The Morgan fingerprint density at radius 2 is 1.95 bits per heavy atom. The molecule has 0 heterocycles. The van der Waals surface area contributed by atoms with Crippen LogP contribution >= 0.6 is 0 Å². The van der Waals surface area contributed by atoms with Crippen LogP contribution in [0.25, 0.3) is 0 Å². The van der Waals surface area contributed by atoms with E-state index in [9.17, 15) is 8.42 Å². The topological polar surface area (TPSA) is 37.4 Å². The second-order valence-electron chi connectivity index (χ2n) is 6.09. The average molecular weight is 293 g/mol. The molecule has 3 nitrogen and oxygen atoms in total. The third-order valence-corrected chi connectivity index (χ3v) is 6.20. The van der Waals surface area contributed by atoms with Gasteiger partial charge in [0.25, 0.3) is 0 Å². The highest BCUT2D eigenvalue weighted by Gasteiger charge is 2.31. The number of benzene rings is 1. The van der Waals surface area contributed by atoms with Crippen molar-refractivity contribution >= 4 is 10.0 Å². The van der Waals surface area contributed by atoms with E-state index in [1.165, 1.54) is 24.0 Å². The summed E-state index contributed by atoms with van der Waals surface area (Å²) in [7, 11) is -3.31. The van der Waals surface area contributed by atoms with E-state index in [0.29, 0.717) is 23.9 Å². The fourth-order valence-corrected chi connectivity index (χ4v) is 4.66. The van der Waals surface area contributed by atoms with Crippen LogP contribution in [0.3, 0.4) is 0 Å². The summed E-state index contributed by atoms with van der Waals surface area (Å²) in [6.07, 6.45) is 6.50. The maximum absolute atomic E-state index is 12.8. The van der Waals surface area contributed by atoms with Crippen LogP contribution in [0.4, 0.5) is 0 Å². The van der Waals surface area contributed by atoms with Gasteiger partial charge >= 0.3 is 0 Å². The summed E-state index contributed by atoms with van der Waals surface area (Å²) >= 11 is 0. The quantitative estimate of drug-likeness (QED) is 0.808. The number of aryl methyl sites for hydroxylation is 2. The molecule has 2 aliphatic rings. The molecule has 3 rings (SSSR count). The maximum atomic E-state index is 12.8. The van der Waals surface area contributed by atoms with Gasteiger partial charge in [0.2, 0.25) is 10.0 Å². The second kappa shape index (κ2) is 5.49. The highest BCUT2D eigenvalue weighted by Crippen LogP contribution is 2.32. The Hall–Kier alpha value is -0.870. The first-order valence-corrected chi connectivity index (χ1v) is 9.17. The predicted molar refractivity (Wildman–Crippen MR) is 80.2 cm³/mol. The molecule has 0 unspecified atom stereocenters. The number of hydrogen-bond donors (Lipinski definition) is 0. The highest BCUT2D eigenvalue weighted by atomic mass is 32.2. The van der Waals surface area contributed by atoms with Crippen LogP contribution in [0.1, 0.15) is 43.7 Å². The largest absolute Gasteiger partial charge is 0.243 e. The lowest BCUT2D eigenvalue weighted by molar-refractivity contribution is 0.395. The summed E-state index contributed by atoms with van der Waals surface area (Å²) in [4.78, 5) is 0.493. The Morgan fingerprint density at radius 1 is 1.20 bits per heavy atom. The molecule has 1 fully saturated rings. The molecule has 1 saturated carbocycles. The van der Waals surface area contributed by atoms with Crippen molar-refractivity contribution in [2.24, 2.45) is 5.92 Å². The standard InChI is InChI=1S/C16H23NO2S/c1-2-10-17(12-13-6-7-13)20(18,19)16-9-8-14-4-3-5-15(14)11-16/h8-9,11,13H,2-7,10,12H2,1H3. The smallest absolute Gasteiger partial charge is 0.207 e. The molecular formula is C16H23NO2S. The van der Waals surface area contributed by atoms with Crippen molar-refractivity contribution in [3.05, 3.63) is 29.3 Å². The van der Waals surface area contributed by atoms with Gasteiger partial charge in [0, 0.05) is 13.1 Å². The third-order valence-electron chi connectivity index (χ3n) is 4.34. The summed E-state index contributed by atoms with van der Waals surface area (Å²) < 4.78 is 27.3. The molecule has 0 N–H and O–H groups in total. The van der Waals surface area contributed by atoms with Crippen molar-refractivity contribution in [2.75, 3.05) is 13.1 Å². The molecule has 110 valence electrons. The number of hydrogen-bond acceptors (Lipinski definition) is 2. The van der Waals surface area contributed by atoms with E-state index in [1.807, 2.05) is 19.1 Å². The molecule has 0 saturated heterocycles. The first-order chi connectivity index (χ1) is 9.61. The number of rotatable bonds is 6. The summed E-state index contributed by atoms with van der Waals surface area (Å²) in [5.41, 5.74) is 2.56. The van der Waals surface area contributed by atoms with Gasteiger partial charge in [-0.2, -0.15) is 4.31 Å². The third kappa shape index (κ3) is 2.77. The minimum atomic E-state index is -3.31. The summed E-state index contributed by atoms with van der Waals surface area (Å²) in [6.45, 7) is 3.38. The van der Waals surface area contributed by atoms with Crippen LogP contribution in [0, 0.1) is 5.92 Å². The zero-order chi connectivity index (χ0) is 14.2. The van der Waals surface area contributed by atoms with Gasteiger partial charge in [-0.15, -0.1) is 0 Å². The Bertz CT molecular complexity index is 590. The number of nitrogens with zero attached hydrogens (tertiary/aromatic N) is 1. The van der Waals surface area contributed by atoms with E-state index in [0.717, 1.165) is 25.7 Å². The minimum Gasteiger partial charge on any atom is -0.207 e. The number of fused-ring (bicyclic) bond motifs is 1. The first kappa shape index (κ1) is 14.1. The van der Waals surface area contributed by atoms with Gasteiger partial charge in [-0.3, -0.25) is 0 Å². The lowest BCUT2D eigenvalue weighted by Crippen LogP contribution is -2.33. The van der Waals surface area contributed by atoms with Crippen molar-refractivity contribution in [3.63, 3.8) is 0 Å². The van der Waals surface area contributed by atoms with Gasteiger partial charge in [0.1, 0.15) is 0 Å². The monoisotopic (exact) mass is 293 g/mol. The molecule has 0 bridgehead atoms. The first-order valence-electron chi connectivity index (χ1n) is 7.73. The van der Waals surface area contributed by atoms with Crippen LogP contribution in [0.2, 0.25) is 0 Å². The van der Waals surface area contributed by atoms with Gasteiger partial charge in [0.05, 0.1) is 4.90 Å². The Labute approximate surface area is 122 Å². The summed E-state index contributed by atoms with van der Waals surface area (Å²) in [5.74, 6) is 0.589. The molecule has 20 heavy (non-hydrogen) atoms. The van der Waals surface area contributed by atoms with E-state index in [-0.39, 0.29) is 0 Å². The molecular weight excluding hydrogens is 270 g/mol. The van der Waals surface area contributed by atoms with E-state index in [1.54, 1.807) is 10.4 Å². The molecule has 0 amide bonds. The molecule has 0 radical (unpaired) electrons. The minimum absolute atomic E-state index is 0.493. The molecule has 1 aromatic carbocycles. The van der Waals surface area contributed by atoms with Gasteiger partial charge in [-0.25, -0.2) is 8.42 Å². The predicted octanol–water partition coefficient (Wildman–Crippen LogP) is 2.99. The van der Waals surface area contributed by atoms with Crippen LogP contribution in [-0.4, -0.2) is 25.8 Å². The van der Waals surface area contributed by atoms with E-state index in [2.05, 4.69) is 0 Å². The van der Waals surface area contributed by atoms with Crippen LogP contribution < -0.4 is 0 Å². The second-order valence-corrected chi connectivity index (χ2v) is 8.03. The van der Waals surface area contributed by atoms with E-state index >= 15 is 0 Å². The normalized spacial score (nSPS) is 18.5. The zero-order valence-corrected chi connectivity index (χ0v) is 13.0. The molecule has 0 aromatic heterocycles. The molecule has 2 aliphatic carbocycles. The Balaban J connectivity index is 1.88. The van der Waals surface area contributed by atoms with Crippen LogP contribution in [0.15, 0.2) is 23.1 Å². The van der Waals surface area contributed by atoms with Gasteiger partial charge in [-0.1, -0.05) is 13.0 Å². The Kier molecular flexibility index (Phi) is 3.87. The van der Waals surface area contributed by atoms with Crippen LogP contribution in [0.5, 0.6) is 0 Å². The van der Waals surface area contributed by atoms with Crippen molar-refractivity contribution < 1.29 is 8.42 Å². The van der Waals surface area contributed by atoms with Crippen molar-refractivity contribution in [2.45, 2.75) is 50.3 Å².